The number of unbranched alkanes of at least 4 members (excludes halogenated alkanes) is 3. The van der Waals surface area contributed by atoms with Crippen LogP contribution < -0.4 is 10.6 Å². The van der Waals surface area contributed by atoms with Crippen molar-refractivity contribution in [3.8, 4) is 0 Å². The van der Waals surface area contributed by atoms with Crippen LogP contribution in [-0.4, -0.2) is 64.0 Å². The summed E-state index contributed by atoms with van der Waals surface area (Å²) < 4.78 is 51.3. The molecule has 3 atom stereocenters. The summed E-state index contributed by atoms with van der Waals surface area (Å²) in [6, 6.07) is 7.67. The Kier molecular flexibility index (Phi) is 14.7. The van der Waals surface area contributed by atoms with Crippen LogP contribution in [0.25, 0.3) is 0 Å². The predicted octanol–water partition coefficient (Wildman–Crippen LogP) is 7.18. The highest BCUT2D eigenvalue weighted by atomic mass is 19.4. The Bertz CT molecular complexity index is 1530. The number of carboxylic acids is 1. The van der Waals surface area contributed by atoms with Crippen molar-refractivity contribution >= 4 is 23.5 Å². The Morgan fingerprint density at radius 3 is 2.44 bits per heavy atom. The lowest BCUT2D eigenvalue weighted by molar-refractivity contribution is -0.139. The van der Waals surface area contributed by atoms with Gasteiger partial charge in [-0.15, -0.1) is 0 Å². The first-order chi connectivity index (χ1) is 23.7. The van der Waals surface area contributed by atoms with Gasteiger partial charge in [0, 0.05) is 32.4 Å². The van der Waals surface area contributed by atoms with Gasteiger partial charge in [0.15, 0.2) is 5.88 Å². The van der Waals surface area contributed by atoms with Gasteiger partial charge in [-0.2, -0.15) is 13.2 Å². The molecule has 5 rings (SSSR count). The van der Waals surface area contributed by atoms with Gasteiger partial charge >= 0.3 is 12.1 Å². The first-order valence-electron chi connectivity index (χ1n) is 16.9. The fourth-order valence-corrected chi connectivity index (χ4v) is 5.91. The molecule has 2 aromatic rings. The number of benzene rings is 2. The number of anilines is 1. The zero-order valence-corrected chi connectivity index (χ0v) is 28.9. The molecular weight excluding hydrogens is 656 g/mol. The van der Waals surface area contributed by atoms with Crippen LogP contribution in [0.2, 0.25) is 0 Å². The maximum Gasteiger partial charge on any atom is 0.416 e. The lowest BCUT2D eigenvalue weighted by Crippen LogP contribution is -2.46. The number of likely N-dealkylation sites (N-methyl/N-ethyl adjacent to an activating group) is 1. The molecule has 1 unspecified atom stereocenters. The van der Waals surface area contributed by atoms with Crippen LogP contribution >= 0.6 is 0 Å². The van der Waals surface area contributed by atoms with Crippen LogP contribution in [0, 0.1) is 24.6 Å². The third kappa shape index (κ3) is 11.8. The van der Waals surface area contributed by atoms with Crippen molar-refractivity contribution in [1.29, 1.82) is 0 Å². The van der Waals surface area contributed by atoms with E-state index in [0.717, 1.165) is 38.1 Å². The Balaban J connectivity index is 0.000000220. The van der Waals surface area contributed by atoms with Crippen molar-refractivity contribution in [2.75, 3.05) is 25.5 Å². The number of rotatable bonds is 11. The number of aryl methyl sites for hydroxylation is 1. The number of nitrogens with zero attached hydrogens (tertiary/aromatic N) is 2. The number of amides is 2. The van der Waals surface area contributed by atoms with Crippen molar-refractivity contribution in [2.45, 2.75) is 84.1 Å². The summed E-state index contributed by atoms with van der Waals surface area (Å²) in [4.78, 5) is 37.6. The topological polar surface area (TPSA) is 122 Å². The Hall–Kier alpha value is -4.55. The van der Waals surface area contributed by atoms with Gasteiger partial charge in [-0.05, 0) is 86.4 Å². The van der Waals surface area contributed by atoms with Gasteiger partial charge in [-0.3, -0.25) is 14.4 Å². The zero-order valence-electron chi connectivity index (χ0n) is 28.9. The number of hydrogen-bond acceptors (Lipinski definition) is 6. The number of hydrogen-bond donors (Lipinski definition) is 4. The second kappa shape index (κ2) is 18.4. The number of allylic oxidation sites excluding steroid dienone is 2. The third-order valence-electron chi connectivity index (χ3n) is 8.89. The molecule has 2 aliphatic heterocycles. The van der Waals surface area contributed by atoms with Crippen LogP contribution in [0.4, 0.5) is 23.2 Å². The third-order valence-corrected chi connectivity index (χ3v) is 8.89. The zero-order chi connectivity index (χ0) is 37.0. The summed E-state index contributed by atoms with van der Waals surface area (Å²) in [5.41, 5.74) is 2.64. The van der Waals surface area contributed by atoms with Crippen molar-refractivity contribution in [3.05, 3.63) is 89.1 Å². The summed E-state index contributed by atoms with van der Waals surface area (Å²) in [5.74, 6) is -1.99. The maximum atomic E-state index is 13.3. The standard InChI is InChI=1S/C15H17F4N3O2.C11H13NO.C11H18O2/c1-20-14(24)12-3-2-4-22(12)13(23)8-21-11-6-9(15(17,18)19)5-10(16)7-11;1-8-4-3-5-10-6-12(9(2)13)7-11(8)10;1-2-3-4-5-6-7-9-8-10(9)11(12)13/h5-7,12,21H,2-4,8H2,1H3,(H,20,24);3-5,13H,2,6-7H2,1H3;6-7,9-10H,2-5,8H2,1H3,(H,12,13)/b;;7-6-/t12-;;9?,10-/m0.0/s1. The molecule has 2 aromatic carbocycles. The van der Waals surface area contributed by atoms with Crippen LogP contribution in [0.3, 0.4) is 0 Å². The first kappa shape index (κ1) is 39.9. The SMILES string of the molecule is C=C(O)N1Cc2cccc(C)c2C1.CCCCC/C=C\C1C[C@@H]1C(=O)O.CNC(=O)[C@@H]1CCCN1C(=O)CNc1cc(F)cc(C(F)(F)F)c1. The number of halogens is 4. The van der Waals surface area contributed by atoms with Crippen LogP contribution in [0.15, 0.2) is 61.0 Å². The monoisotopic (exact) mass is 704 g/mol. The Morgan fingerprint density at radius 2 is 1.84 bits per heavy atom. The number of carbonyl (C=O) groups is 3. The highest BCUT2D eigenvalue weighted by molar-refractivity contribution is 5.89. The molecule has 1 saturated carbocycles. The van der Waals surface area contributed by atoms with Crippen molar-refractivity contribution in [2.24, 2.45) is 11.8 Å². The first-order valence-corrected chi connectivity index (χ1v) is 16.9. The molecule has 2 fully saturated rings. The average Bonchev–Trinajstić information content (AvgIpc) is 3.44. The average molecular weight is 705 g/mol. The number of alkyl halides is 3. The van der Waals surface area contributed by atoms with Crippen molar-refractivity contribution in [1.82, 2.24) is 15.1 Å². The molecule has 0 bridgehead atoms. The number of carbonyl (C=O) groups excluding carboxylic acids is 2. The number of aliphatic hydroxyl groups excluding tert-OH is 1. The molecule has 2 heterocycles. The van der Waals surface area contributed by atoms with E-state index in [1.54, 1.807) is 0 Å². The van der Waals surface area contributed by atoms with Gasteiger partial charge in [0.25, 0.3) is 0 Å². The number of likely N-dealkylation sites (tertiary alicyclic amines) is 1. The molecule has 50 heavy (non-hydrogen) atoms. The van der Waals surface area contributed by atoms with E-state index in [2.05, 4.69) is 61.4 Å². The van der Waals surface area contributed by atoms with E-state index in [0.29, 0.717) is 31.4 Å². The van der Waals surface area contributed by atoms with E-state index in [-0.39, 0.29) is 29.9 Å². The predicted molar refractivity (Wildman–Crippen MR) is 183 cm³/mol. The minimum atomic E-state index is -4.68. The van der Waals surface area contributed by atoms with Gasteiger partial charge in [-0.1, -0.05) is 50.1 Å². The Labute approximate surface area is 291 Å². The number of nitrogens with one attached hydrogen (secondary N) is 2. The molecule has 2 amide bonds. The van der Waals surface area contributed by atoms with E-state index in [1.165, 1.54) is 47.9 Å². The van der Waals surface area contributed by atoms with Crippen LogP contribution in [0.1, 0.15) is 74.1 Å². The normalized spacial score (nSPS) is 19.1. The second-order valence-electron chi connectivity index (χ2n) is 12.7. The van der Waals surface area contributed by atoms with Gasteiger partial charge in [0.05, 0.1) is 18.0 Å². The molecule has 0 spiro atoms. The summed E-state index contributed by atoms with van der Waals surface area (Å²) in [7, 11) is 1.47. The molecule has 4 N–H and O–H groups in total. The molecule has 1 saturated heterocycles. The minimum absolute atomic E-state index is 0.0811. The molecule has 3 aliphatic rings. The number of carboxylic acid groups (broad SMARTS) is 1. The van der Waals surface area contributed by atoms with Crippen molar-refractivity contribution in [3.63, 3.8) is 0 Å². The Morgan fingerprint density at radius 1 is 1.10 bits per heavy atom. The van der Waals surface area contributed by atoms with Gasteiger partial charge in [0.2, 0.25) is 11.8 Å². The lowest BCUT2D eigenvalue weighted by Gasteiger charge is -2.23. The van der Waals surface area contributed by atoms with Gasteiger partial charge in [-0.25, -0.2) is 4.39 Å². The molecule has 0 aromatic heterocycles. The highest BCUT2D eigenvalue weighted by Crippen LogP contribution is 2.39. The van der Waals surface area contributed by atoms with Crippen molar-refractivity contribution < 1.29 is 42.2 Å². The number of aliphatic hydroxyl groups is 1. The van der Waals surface area contributed by atoms with Crippen LogP contribution in [0.5, 0.6) is 0 Å². The summed E-state index contributed by atoms with van der Waals surface area (Å²) in [5, 5.41) is 22.8. The summed E-state index contributed by atoms with van der Waals surface area (Å²) >= 11 is 0. The van der Waals surface area contributed by atoms with Crippen LogP contribution in [-0.2, 0) is 33.6 Å². The smallest absolute Gasteiger partial charge is 0.416 e. The quantitative estimate of drug-likeness (QED) is 0.0847. The largest absolute Gasteiger partial charge is 0.495 e. The molecule has 1 aliphatic carbocycles. The van der Waals surface area contributed by atoms with E-state index >= 15 is 0 Å². The van der Waals surface area contributed by atoms with E-state index in [4.69, 9.17) is 5.11 Å². The molecule has 274 valence electrons. The fourth-order valence-electron chi connectivity index (χ4n) is 5.91. The molecule has 9 nitrogen and oxygen atoms in total. The number of aliphatic carboxylic acids is 1. The fraction of sp³-hybridized carbons (Fsp3) is 0.486. The second-order valence-corrected chi connectivity index (χ2v) is 12.7. The summed E-state index contributed by atoms with van der Waals surface area (Å²) in [6.45, 7) is 9.46. The highest BCUT2D eigenvalue weighted by Gasteiger charge is 2.41. The van der Waals surface area contributed by atoms with Gasteiger partial charge in [0.1, 0.15) is 11.9 Å². The summed E-state index contributed by atoms with van der Waals surface area (Å²) in [6.07, 6.45) is 6.45. The molecule has 13 heteroatoms. The molecule has 0 radical (unpaired) electrons. The van der Waals surface area contributed by atoms with Gasteiger partial charge < -0.3 is 30.6 Å². The number of fused-ring (bicyclic) bond motifs is 1. The maximum absolute atomic E-state index is 13.3. The minimum Gasteiger partial charge on any atom is -0.495 e. The van der Waals surface area contributed by atoms with E-state index < -0.39 is 35.5 Å². The van der Waals surface area contributed by atoms with E-state index in [9.17, 15) is 37.1 Å². The molecular formula is C37H48F4N4O5. The lowest BCUT2D eigenvalue weighted by atomic mass is 10.1. The van der Waals surface area contributed by atoms with E-state index in [1.807, 2.05) is 4.90 Å².